The lowest BCUT2D eigenvalue weighted by Gasteiger charge is -2.13. The average Bonchev–Trinajstić information content (AvgIpc) is 2.31. The molecule has 0 bridgehead atoms. The fourth-order valence-electron chi connectivity index (χ4n) is 1.24. The number of hydrogen-bond acceptors (Lipinski definition) is 2. The highest BCUT2D eigenvalue weighted by molar-refractivity contribution is 14.0. The van der Waals surface area contributed by atoms with E-state index in [4.69, 9.17) is 0 Å². The van der Waals surface area contributed by atoms with Crippen molar-refractivity contribution in [3.05, 3.63) is 29.8 Å². The minimum absolute atomic E-state index is 0. The molecule has 1 heterocycles. The molecule has 0 aliphatic heterocycles. The van der Waals surface area contributed by atoms with Gasteiger partial charge in [0, 0.05) is 19.8 Å². The number of halogens is 2. The summed E-state index contributed by atoms with van der Waals surface area (Å²) in [5.74, 6) is 0.878. The van der Waals surface area contributed by atoms with Crippen LogP contribution < -0.4 is 10.6 Å². The minimum atomic E-state index is -0.306. The van der Waals surface area contributed by atoms with Gasteiger partial charge in [-0.3, -0.25) is 9.98 Å². The molecule has 0 aliphatic carbocycles. The van der Waals surface area contributed by atoms with E-state index in [1.54, 1.807) is 19.3 Å². The van der Waals surface area contributed by atoms with Crippen LogP contribution in [0.4, 0.5) is 4.39 Å². The Morgan fingerprint density at radius 1 is 1.44 bits per heavy atom. The van der Waals surface area contributed by atoms with Crippen LogP contribution in [0.2, 0.25) is 0 Å². The standard InChI is InChI=1S/C12H19FN4.HI/c1-9(2)7-16-12(14-3)17-8-11-10(13)5-4-6-15-11;/h4-6,9H,7-8H2,1-3H3,(H2,14,16,17);1H. The molecule has 1 aromatic heterocycles. The Bertz CT molecular complexity index is 382. The molecule has 102 valence electrons. The van der Waals surface area contributed by atoms with Crippen molar-refractivity contribution in [2.24, 2.45) is 10.9 Å². The molecular weight excluding hydrogens is 346 g/mol. The predicted molar refractivity (Wildman–Crippen MR) is 82.6 cm³/mol. The molecule has 0 saturated carbocycles. The van der Waals surface area contributed by atoms with Crippen LogP contribution in [0.5, 0.6) is 0 Å². The predicted octanol–water partition coefficient (Wildman–Crippen LogP) is 2.16. The summed E-state index contributed by atoms with van der Waals surface area (Å²) in [6.07, 6.45) is 1.57. The number of nitrogens with one attached hydrogen (secondary N) is 2. The molecule has 0 spiro atoms. The van der Waals surface area contributed by atoms with E-state index in [1.165, 1.54) is 6.07 Å². The zero-order valence-corrected chi connectivity index (χ0v) is 13.2. The Balaban J connectivity index is 0.00000289. The van der Waals surface area contributed by atoms with Crippen molar-refractivity contribution in [2.75, 3.05) is 13.6 Å². The van der Waals surface area contributed by atoms with Gasteiger partial charge in [-0.05, 0) is 18.1 Å². The largest absolute Gasteiger partial charge is 0.356 e. The second kappa shape index (κ2) is 9.07. The first-order valence-corrected chi connectivity index (χ1v) is 5.67. The zero-order valence-electron chi connectivity index (χ0n) is 10.9. The Labute approximate surface area is 125 Å². The molecule has 0 aromatic carbocycles. The highest BCUT2D eigenvalue weighted by Gasteiger charge is 2.04. The summed E-state index contributed by atoms with van der Waals surface area (Å²) in [5.41, 5.74) is 0.389. The molecule has 0 atom stereocenters. The molecule has 0 fully saturated rings. The topological polar surface area (TPSA) is 49.3 Å². The first kappa shape index (κ1) is 17.1. The van der Waals surface area contributed by atoms with Crippen molar-refractivity contribution in [3.63, 3.8) is 0 Å². The SMILES string of the molecule is CN=C(NCc1ncccc1F)NCC(C)C.I. The maximum Gasteiger partial charge on any atom is 0.191 e. The van der Waals surface area contributed by atoms with E-state index in [9.17, 15) is 4.39 Å². The summed E-state index contributed by atoms with van der Waals surface area (Å²) in [5, 5.41) is 6.17. The van der Waals surface area contributed by atoms with Gasteiger partial charge in [0.2, 0.25) is 0 Å². The van der Waals surface area contributed by atoms with Crippen molar-refractivity contribution in [3.8, 4) is 0 Å². The van der Waals surface area contributed by atoms with E-state index in [1.807, 2.05) is 0 Å². The van der Waals surface area contributed by atoms with Crippen LogP contribution in [0, 0.1) is 11.7 Å². The van der Waals surface area contributed by atoms with Gasteiger partial charge in [0.25, 0.3) is 0 Å². The Kier molecular flexibility index (Phi) is 8.61. The van der Waals surface area contributed by atoms with E-state index in [2.05, 4.69) is 34.5 Å². The molecule has 0 saturated heterocycles. The average molecular weight is 366 g/mol. The molecule has 4 nitrogen and oxygen atoms in total. The first-order chi connectivity index (χ1) is 8.13. The van der Waals surface area contributed by atoms with Gasteiger partial charge in [0.1, 0.15) is 5.82 Å². The van der Waals surface area contributed by atoms with Crippen molar-refractivity contribution in [1.29, 1.82) is 0 Å². The number of hydrogen-bond donors (Lipinski definition) is 2. The molecule has 0 unspecified atom stereocenters. The summed E-state index contributed by atoms with van der Waals surface area (Å²) in [6.45, 7) is 5.37. The van der Waals surface area contributed by atoms with E-state index < -0.39 is 0 Å². The van der Waals surface area contributed by atoms with Crippen LogP contribution in [0.25, 0.3) is 0 Å². The Hall–Kier alpha value is -0.920. The summed E-state index contributed by atoms with van der Waals surface area (Å²) in [4.78, 5) is 8.01. The number of guanidine groups is 1. The van der Waals surface area contributed by atoms with Crippen molar-refractivity contribution in [2.45, 2.75) is 20.4 Å². The van der Waals surface area contributed by atoms with Crippen molar-refractivity contribution in [1.82, 2.24) is 15.6 Å². The van der Waals surface area contributed by atoms with Gasteiger partial charge in [-0.1, -0.05) is 13.8 Å². The van der Waals surface area contributed by atoms with Crippen LogP contribution in [-0.4, -0.2) is 24.5 Å². The monoisotopic (exact) mass is 366 g/mol. The number of aliphatic imine (C=N–C) groups is 1. The Morgan fingerprint density at radius 2 is 2.17 bits per heavy atom. The smallest absolute Gasteiger partial charge is 0.191 e. The number of aromatic nitrogens is 1. The van der Waals surface area contributed by atoms with Crippen molar-refractivity contribution >= 4 is 29.9 Å². The fraction of sp³-hybridized carbons (Fsp3) is 0.500. The number of rotatable bonds is 4. The molecule has 2 N–H and O–H groups in total. The maximum absolute atomic E-state index is 13.3. The molecule has 1 aromatic rings. The number of nitrogens with zero attached hydrogens (tertiary/aromatic N) is 2. The second-order valence-corrected chi connectivity index (χ2v) is 4.13. The highest BCUT2D eigenvalue weighted by Crippen LogP contribution is 2.01. The van der Waals surface area contributed by atoms with Crippen LogP contribution in [0.3, 0.4) is 0 Å². The van der Waals surface area contributed by atoms with Gasteiger partial charge in [0.15, 0.2) is 5.96 Å². The van der Waals surface area contributed by atoms with Crippen LogP contribution in [-0.2, 0) is 6.54 Å². The third-order valence-electron chi connectivity index (χ3n) is 2.16. The Morgan fingerprint density at radius 3 is 2.72 bits per heavy atom. The fourth-order valence-corrected chi connectivity index (χ4v) is 1.24. The van der Waals surface area contributed by atoms with Crippen molar-refractivity contribution < 1.29 is 4.39 Å². The third-order valence-corrected chi connectivity index (χ3v) is 2.16. The lowest BCUT2D eigenvalue weighted by atomic mass is 10.2. The summed E-state index contributed by atoms with van der Waals surface area (Å²) >= 11 is 0. The molecule has 6 heteroatoms. The highest BCUT2D eigenvalue weighted by atomic mass is 127. The molecular formula is C12H20FIN4. The van der Waals surface area contributed by atoms with E-state index >= 15 is 0 Å². The molecule has 0 amide bonds. The normalized spacial score (nSPS) is 11.1. The van der Waals surface area contributed by atoms with Gasteiger partial charge in [-0.15, -0.1) is 24.0 Å². The molecule has 18 heavy (non-hydrogen) atoms. The maximum atomic E-state index is 13.3. The van der Waals surface area contributed by atoms with E-state index in [0.717, 1.165) is 6.54 Å². The van der Waals surface area contributed by atoms with Gasteiger partial charge in [-0.25, -0.2) is 4.39 Å². The summed E-state index contributed by atoms with van der Waals surface area (Å²) in [6, 6.07) is 2.97. The summed E-state index contributed by atoms with van der Waals surface area (Å²) in [7, 11) is 1.68. The quantitative estimate of drug-likeness (QED) is 0.488. The third kappa shape index (κ3) is 6.13. The van der Waals surface area contributed by atoms with E-state index in [0.29, 0.717) is 24.1 Å². The van der Waals surface area contributed by atoms with Gasteiger partial charge in [-0.2, -0.15) is 0 Å². The second-order valence-electron chi connectivity index (χ2n) is 4.13. The van der Waals surface area contributed by atoms with Gasteiger partial charge >= 0.3 is 0 Å². The van der Waals surface area contributed by atoms with E-state index in [-0.39, 0.29) is 29.8 Å². The zero-order chi connectivity index (χ0) is 12.7. The molecule has 0 radical (unpaired) electrons. The molecule has 1 rings (SSSR count). The van der Waals surface area contributed by atoms with Crippen LogP contribution in [0.1, 0.15) is 19.5 Å². The minimum Gasteiger partial charge on any atom is -0.356 e. The van der Waals surface area contributed by atoms with Gasteiger partial charge < -0.3 is 10.6 Å². The van der Waals surface area contributed by atoms with Crippen LogP contribution in [0.15, 0.2) is 23.3 Å². The lowest BCUT2D eigenvalue weighted by molar-refractivity contribution is 0.587. The number of pyridine rings is 1. The molecule has 0 aliphatic rings. The first-order valence-electron chi connectivity index (χ1n) is 5.67. The lowest BCUT2D eigenvalue weighted by Crippen LogP contribution is -2.38. The van der Waals surface area contributed by atoms with Crippen LogP contribution >= 0.6 is 24.0 Å². The summed E-state index contributed by atoms with van der Waals surface area (Å²) < 4.78 is 13.3. The van der Waals surface area contributed by atoms with Gasteiger partial charge in [0.05, 0.1) is 12.2 Å².